The van der Waals surface area contributed by atoms with Crippen molar-refractivity contribution in [2.24, 2.45) is 50.2 Å². The maximum absolute atomic E-state index is 15.1. The molecule has 9 aliphatic rings. The van der Waals surface area contributed by atoms with E-state index < -0.39 is 146 Å². The summed E-state index contributed by atoms with van der Waals surface area (Å²) in [6.07, 6.45) is -18.7. The third-order valence-corrected chi connectivity index (χ3v) is 21.3. The lowest BCUT2D eigenvalue weighted by Gasteiger charge is -2.71. The number of hydrogen-bond acceptors (Lipinski definition) is 20. The molecule has 74 heavy (non-hydrogen) atoms. The average molecular weight is 1060 g/mol. The molecule has 28 atom stereocenters. The average Bonchev–Trinajstić information content (AvgIpc) is 3.34. The van der Waals surface area contributed by atoms with E-state index in [0.717, 1.165) is 38.5 Å². The molecule has 4 heterocycles. The Hall–Kier alpha value is -1.51. The zero-order chi connectivity index (χ0) is 54.2. The van der Waals surface area contributed by atoms with E-state index in [0.29, 0.717) is 25.7 Å². The highest BCUT2D eigenvalue weighted by Gasteiger charge is 2.70. The van der Waals surface area contributed by atoms with E-state index in [1.807, 2.05) is 0 Å². The minimum atomic E-state index is -1.81. The van der Waals surface area contributed by atoms with Crippen molar-refractivity contribution in [3.8, 4) is 0 Å². The molecule has 4 saturated heterocycles. The fraction of sp³-hybridized carbons (Fsp3) is 0.944. The first-order valence-corrected chi connectivity index (χ1v) is 27.4. The number of esters is 1. The minimum Gasteiger partial charge on any atom is -0.432 e. The first-order valence-electron chi connectivity index (χ1n) is 27.4. The largest absolute Gasteiger partial charge is 0.432 e. The van der Waals surface area contributed by atoms with E-state index in [-0.39, 0.29) is 45.5 Å². The van der Waals surface area contributed by atoms with Crippen molar-refractivity contribution in [3.63, 3.8) is 0 Å². The molecule has 0 aromatic heterocycles. The SMILES string of the molecule is CC1OC(OC2C(CO)OC(OC(=O)C34CCC(C)(C)CC3C3=CCC5C6(C)CCC(OC7OC(C)C(O)C(OC8OC(C)C(O)C(O)C8O)C7O)C(C)(C)C6CCC5(C)C3(C)CC4)C(O)C2O)C(O)C(O)C1O. The summed E-state index contributed by atoms with van der Waals surface area (Å²) in [7, 11) is 0. The Bertz CT molecular complexity index is 2060. The Balaban J connectivity index is 0.914. The van der Waals surface area contributed by atoms with Crippen LogP contribution in [0.25, 0.3) is 0 Å². The molecular weight excluding hydrogens is 969 g/mol. The molecule has 4 saturated carbocycles. The Morgan fingerprint density at radius 1 is 0.568 bits per heavy atom. The Morgan fingerprint density at radius 3 is 1.70 bits per heavy atom. The molecule has 0 radical (unpaired) electrons. The number of aliphatic hydroxyl groups is 11. The van der Waals surface area contributed by atoms with Gasteiger partial charge in [0.1, 0.15) is 79.4 Å². The van der Waals surface area contributed by atoms with Gasteiger partial charge in [0.05, 0.1) is 36.4 Å². The second-order valence-corrected chi connectivity index (χ2v) is 26.2. The van der Waals surface area contributed by atoms with Crippen molar-refractivity contribution in [2.45, 2.75) is 262 Å². The summed E-state index contributed by atoms with van der Waals surface area (Å²) in [5, 5.41) is 119. The second kappa shape index (κ2) is 20.2. The van der Waals surface area contributed by atoms with Crippen LogP contribution in [0.2, 0.25) is 0 Å². The van der Waals surface area contributed by atoms with Gasteiger partial charge in [-0.25, -0.2) is 0 Å². The van der Waals surface area contributed by atoms with Crippen LogP contribution in [0.5, 0.6) is 0 Å². The number of allylic oxidation sites excluding steroid dienone is 2. The molecule has 11 N–H and O–H groups in total. The molecule has 20 nitrogen and oxygen atoms in total. The number of carbonyl (C=O) groups excluding carboxylic acids is 1. The molecule has 0 amide bonds. The van der Waals surface area contributed by atoms with Gasteiger partial charge >= 0.3 is 5.97 Å². The molecule has 9 rings (SSSR count). The lowest BCUT2D eigenvalue weighted by atomic mass is 9.33. The Morgan fingerprint density at radius 2 is 1.11 bits per heavy atom. The van der Waals surface area contributed by atoms with Crippen LogP contribution in [0.1, 0.15) is 133 Å². The molecule has 8 fully saturated rings. The van der Waals surface area contributed by atoms with Crippen LogP contribution >= 0.6 is 0 Å². The highest BCUT2D eigenvalue weighted by atomic mass is 16.8. The first-order chi connectivity index (χ1) is 34.5. The van der Waals surface area contributed by atoms with Gasteiger partial charge in [-0.2, -0.15) is 0 Å². The smallest absolute Gasteiger partial charge is 0.315 e. The summed E-state index contributed by atoms with van der Waals surface area (Å²) in [5.74, 6) is -0.235. The van der Waals surface area contributed by atoms with Crippen molar-refractivity contribution in [1.29, 1.82) is 0 Å². The quantitative estimate of drug-likeness (QED) is 0.0874. The van der Waals surface area contributed by atoms with Gasteiger partial charge in [-0.3, -0.25) is 4.79 Å². The van der Waals surface area contributed by atoms with Gasteiger partial charge in [0.15, 0.2) is 18.9 Å². The highest BCUT2D eigenvalue weighted by Crippen LogP contribution is 2.76. The van der Waals surface area contributed by atoms with Crippen molar-refractivity contribution in [2.75, 3.05) is 6.61 Å². The second-order valence-electron chi connectivity index (χ2n) is 26.2. The fourth-order valence-electron chi connectivity index (χ4n) is 16.4. The zero-order valence-electron chi connectivity index (χ0n) is 44.8. The third-order valence-electron chi connectivity index (χ3n) is 21.3. The van der Waals surface area contributed by atoms with Gasteiger partial charge in [-0.05, 0) is 130 Å². The Labute approximate surface area is 434 Å². The van der Waals surface area contributed by atoms with Crippen LogP contribution in [0, 0.1) is 50.2 Å². The molecule has 28 unspecified atom stereocenters. The molecule has 0 aromatic carbocycles. The molecular formula is C54H88O20. The number of carbonyl (C=O) groups is 1. The van der Waals surface area contributed by atoms with E-state index in [9.17, 15) is 56.2 Å². The van der Waals surface area contributed by atoms with Crippen LogP contribution < -0.4 is 0 Å². The molecule has 4 aliphatic heterocycles. The van der Waals surface area contributed by atoms with Crippen molar-refractivity contribution in [3.05, 3.63) is 11.6 Å². The lowest BCUT2D eigenvalue weighted by molar-refractivity contribution is -0.364. The van der Waals surface area contributed by atoms with E-state index in [1.165, 1.54) is 19.4 Å². The summed E-state index contributed by atoms with van der Waals surface area (Å²) >= 11 is 0. The maximum atomic E-state index is 15.1. The molecule has 20 heteroatoms. The first kappa shape index (κ1) is 57.2. The summed E-state index contributed by atoms with van der Waals surface area (Å²) in [5.41, 5.74) is -0.750. The Kier molecular flexibility index (Phi) is 15.6. The summed E-state index contributed by atoms with van der Waals surface area (Å²) in [4.78, 5) is 15.1. The zero-order valence-corrected chi connectivity index (χ0v) is 44.8. The standard InChI is InChI=1S/C54H88O20/c1-23-32(56)35(59)38(62)44(67-23)72-42-28(22-55)70-46(40(64)37(42)61)74-48(66)54-19-17-49(4,5)21-27(54)26-11-12-30-51(8)15-14-31(50(6,7)29(51)13-16-53(30,10)52(26,9)18-20-54)71-47-41(65)43(34(58)25(3)69-47)73-45-39(63)36(60)33(57)24(2)68-45/h11,23-25,27-47,55-65H,12-22H2,1-10H3. The molecule has 0 bridgehead atoms. The van der Waals surface area contributed by atoms with Crippen LogP contribution in [0.15, 0.2) is 11.6 Å². The summed E-state index contributed by atoms with van der Waals surface area (Å²) in [6.45, 7) is 20.1. The normalized spacial score (nSPS) is 55.1. The van der Waals surface area contributed by atoms with Crippen LogP contribution in [-0.4, -0.2) is 198 Å². The van der Waals surface area contributed by atoms with Crippen LogP contribution in [-0.2, 0) is 42.7 Å². The van der Waals surface area contributed by atoms with Crippen LogP contribution in [0.4, 0.5) is 0 Å². The molecule has 0 spiro atoms. The number of ether oxygens (including phenoxy) is 8. The topological polar surface area (TPSA) is 313 Å². The predicted octanol–water partition coefficient (Wildman–Crippen LogP) is 1.05. The van der Waals surface area contributed by atoms with Gasteiger partial charge in [0, 0.05) is 0 Å². The number of rotatable bonds is 9. The van der Waals surface area contributed by atoms with Gasteiger partial charge < -0.3 is 94.1 Å². The third kappa shape index (κ3) is 9.09. The lowest BCUT2D eigenvalue weighted by Crippen LogP contribution is -2.66. The van der Waals surface area contributed by atoms with E-state index in [1.54, 1.807) is 6.92 Å². The number of hydrogen-bond donors (Lipinski definition) is 11. The van der Waals surface area contributed by atoms with Gasteiger partial charge in [0.2, 0.25) is 6.29 Å². The van der Waals surface area contributed by atoms with E-state index in [2.05, 4.69) is 54.5 Å². The van der Waals surface area contributed by atoms with Crippen molar-refractivity contribution >= 4 is 5.97 Å². The van der Waals surface area contributed by atoms with Gasteiger partial charge in [0.25, 0.3) is 0 Å². The highest BCUT2D eigenvalue weighted by molar-refractivity contribution is 5.79. The van der Waals surface area contributed by atoms with Crippen molar-refractivity contribution < 1.29 is 98.9 Å². The van der Waals surface area contributed by atoms with E-state index >= 15 is 4.79 Å². The van der Waals surface area contributed by atoms with Gasteiger partial charge in [-0.1, -0.05) is 60.1 Å². The molecule has 424 valence electrons. The van der Waals surface area contributed by atoms with Crippen molar-refractivity contribution in [1.82, 2.24) is 0 Å². The number of fused-ring (bicyclic) bond motifs is 7. The molecule has 5 aliphatic carbocycles. The molecule has 0 aromatic rings. The maximum Gasteiger partial charge on any atom is 0.315 e. The predicted molar refractivity (Wildman–Crippen MR) is 259 cm³/mol. The summed E-state index contributed by atoms with van der Waals surface area (Å²) < 4.78 is 48.1. The monoisotopic (exact) mass is 1060 g/mol. The fourth-order valence-corrected chi connectivity index (χ4v) is 16.4. The minimum absolute atomic E-state index is 0.0962. The van der Waals surface area contributed by atoms with Crippen LogP contribution in [0.3, 0.4) is 0 Å². The number of aliphatic hydroxyl groups excluding tert-OH is 11. The van der Waals surface area contributed by atoms with Gasteiger partial charge in [-0.15, -0.1) is 0 Å². The summed E-state index contributed by atoms with van der Waals surface area (Å²) in [6, 6.07) is 0. The van der Waals surface area contributed by atoms with E-state index in [4.69, 9.17) is 37.9 Å².